The van der Waals surface area contributed by atoms with Gasteiger partial charge in [-0.25, -0.2) is 9.59 Å². The molecule has 0 saturated carbocycles. The number of para-hydroxylation sites is 1. The fourth-order valence-electron chi connectivity index (χ4n) is 3.13. The molecule has 1 aromatic heterocycles. The monoisotopic (exact) mass is 452 g/mol. The molecule has 3 aromatic rings. The van der Waals surface area contributed by atoms with Gasteiger partial charge in [-0.2, -0.15) is 0 Å². The highest BCUT2D eigenvalue weighted by atomic mass is 16.5. The Kier molecular flexibility index (Phi) is 8.01. The molecule has 0 aliphatic carbocycles. The summed E-state index contributed by atoms with van der Waals surface area (Å²) in [6.07, 6.45) is 1.01. The van der Waals surface area contributed by atoms with Crippen LogP contribution < -0.4 is 16.0 Å². The number of aromatic nitrogens is 1. The first-order chi connectivity index (χ1) is 15.9. The number of carboxylic acid groups (broad SMARTS) is 1. The van der Waals surface area contributed by atoms with E-state index < -0.39 is 43.0 Å². The van der Waals surface area contributed by atoms with Crippen LogP contribution in [-0.4, -0.2) is 53.1 Å². The summed E-state index contributed by atoms with van der Waals surface area (Å²) in [6.45, 7) is -0.764. The van der Waals surface area contributed by atoms with Crippen LogP contribution in [0.1, 0.15) is 11.1 Å². The molecule has 0 saturated heterocycles. The molecule has 10 heteroatoms. The highest BCUT2D eigenvalue weighted by molar-refractivity contribution is 5.90. The van der Waals surface area contributed by atoms with E-state index in [1.807, 2.05) is 42.5 Å². The van der Waals surface area contributed by atoms with Crippen molar-refractivity contribution in [1.82, 2.24) is 20.9 Å². The van der Waals surface area contributed by atoms with Crippen molar-refractivity contribution in [1.29, 1.82) is 0 Å². The maximum atomic E-state index is 12.1. The Morgan fingerprint density at radius 2 is 1.61 bits per heavy atom. The molecule has 0 aliphatic rings. The van der Waals surface area contributed by atoms with E-state index in [1.54, 1.807) is 18.3 Å². The van der Waals surface area contributed by atoms with Gasteiger partial charge in [-0.15, -0.1) is 0 Å². The van der Waals surface area contributed by atoms with Gasteiger partial charge in [0.05, 0.1) is 6.54 Å². The van der Waals surface area contributed by atoms with Crippen LogP contribution >= 0.6 is 0 Å². The van der Waals surface area contributed by atoms with Crippen LogP contribution in [0.3, 0.4) is 0 Å². The molecule has 10 nitrogen and oxygen atoms in total. The number of alkyl carbamates (subject to hydrolysis) is 1. The Morgan fingerprint density at radius 1 is 0.909 bits per heavy atom. The van der Waals surface area contributed by atoms with Gasteiger partial charge in [0.1, 0.15) is 19.2 Å². The van der Waals surface area contributed by atoms with Crippen LogP contribution in [0.4, 0.5) is 4.79 Å². The van der Waals surface area contributed by atoms with Gasteiger partial charge in [0.25, 0.3) is 0 Å². The number of H-pyrrole nitrogens is 1. The molecule has 0 aliphatic heterocycles. The molecule has 0 fully saturated rings. The summed E-state index contributed by atoms with van der Waals surface area (Å²) in [7, 11) is 0. The van der Waals surface area contributed by atoms with Crippen LogP contribution in [-0.2, 0) is 32.1 Å². The first-order valence-corrected chi connectivity index (χ1v) is 10.2. The van der Waals surface area contributed by atoms with Crippen molar-refractivity contribution in [2.75, 3.05) is 13.1 Å². The SMILES string of the molecule is O=C(CNC(=O)OCc1ccccc1)NCC(=O)N[C@@H](Cc1c[nH]c2ccccc12)C(=O)O. The number of carboxylic acids is 1. The molecule has 0 radical (unpaired) electrons. The molecular weight excluding hydrogens is 428 g/mol. The number of ether oxygens (including phenoxy) is 1. The zero-order valence-corrected chi connectivity index (χ0v) is 17.7. The van der Waals surface area contributed by atoms with Gasteiger partial charge in [0, 0.05) is 23.5 Å². The van der Waals surface area contributed by atoms with E-state index in [1.165, 1.54) is 0 Å². The number of rotatable bonds is 10. The molecule has 0 spiro atoms. The van der Waals surface area contributed by atoms with Crippen LogP contribution in [0.2, 0.25) is 0 Å². The van der Waals surface area contributed by atoms with Crippen molar-refractivity contribution in [3.63, 3.8) is 0 Å². The second-order valence-corrected chi connectivity index (χ2v) is 7.21. The van der Waals surface area contributed by atoms with Crippen LogP contribution in [0, 0.1) is 0 Å². The minimum atomic E-state index is -1.19. The molecule has 0 unspecified atom stereocenters. The summed E-state index contributed by atoms with van der Waals surface area (Å²) < 4.78 is 4.99. The number of aliphatic carboxylic acids is 1. The quantitative estimate of drug-likeness (QED) is 0.313. The van der Waals surface area contributed by atoms with Crippen molar-refractivity contribution in [3.05, 3.63) is 71.9 Å². The molecule has 172 valence electrons. The second-order valence-electron chi connectivity index (χ2n) is 7.21. The Hall–Kier alpha value is -4.34. The van der Waals surface area contributed by atoms with E-state index >= 15 is 0 Å². The van der Waals surface area contributed by atoms with Crippen molar-refractivity contribution >= 4 is 34.8 Å². The van der Waals surface area contributed by atoms with Gasteiger partial charge >= 0.3 is 12.1 Å². The lowest BCUT2D eigenvalue weighted by atomic mass is 10.1. The number of hydrogen-bond donors (Lipinski definition) is 5. The van der Waals surface area contributed by atoms with Crippen molar-refractivity contribution in [3.8, 4) is 0 Å². The summed E-state index contributed by atoms with van der Waals surface area (Å²) in [5.41, 5.74) is 2.42. The molecule has 3 rings (SSSR count). The predicted molar refractivity (Wildman–Crippen MR) is 119 cm³/mol. The largest absolute Gasteiger partial charge is 0.480 e. The number of amides is 3. The third kappa shape index (κ3) is 7.10. The number of carbonyl (C=O) groups is 4. The van der Waals surface area contributed by atoms with Crippen LogP contribution in [0.5, 0.6) is 0 Å². The number of carbonyl (C=O) groups excluding carboxylic acids is 3. The Morgan fingerprint density at radius 3 is 2.36 bits per heavy atom. The number of benzene rings is 2. The summed E-state index contributed by atoms with van der Waals surface area (Å²) in [6, 6.07) is 15.3. The van der Waals surface area contributed by atoms with E-state index in [2.05, 4.69) is 20.9 Å². The fraction of sp³-hybridized carbons (Fsp3) is 0.217. The average Bonchev–Trinajstić information content (AvgIpc) is 3.23. The summed E-state index contributed by atoms with van der Waals surface area (Å²) in [5.74, 6) is -2.48. The Balaban J connectivity index is 1.40. The lowest BCUT2D eigenvalue weighted by molar-refractivity contribution is -0.141. The number of hydrogen-bond acceptors (Lipinski definition) is 5. The first kappa shape index (κ1) is 23.3. The first-order valence-electron chi connectivity index (χ1n) is 10.2. The van der Waals surface area contributed by atoms with Gasteiger partial charge in [-0.1, -0.05) is 48.5 Å². The molecule has 0 bridgehead atoms. The normalized spacial score (nSPS) is 11.4. The second kappa shape index (κ2) is 11.3. The number of fused-ring (bicyclic) bond motifs is 1. The lowest BCUT2D eigenvalue weighted by Gasteiger charge is -2.15. The third-order valence-corrected chi connectivity index (χ3v) is 4.78. The number of aromatic amines is 1. The number of nitrogens with one attached hydrogen (secondary N) is 4. The highest BCUT2D eigenvalue weighted by Gasteiger charge is 2.22. The Labute approximate surface area is 189 Å². The third-order valence-electron chi connectivity index (χ3n) is 4.78. The maximum absolute atomic E-state index is 12.1. The predicted octanol–water partition coefficient (Wildman–Crippen LogP) is 1.32. The fourth-order valence-corrected chi connectivity index (χ4v) is 3.13. The van der Waals surface area contributed by atoms with E-state index in [0.717, 1.165) is 22.0 Å². The van der Waals surface area contributed by atoms with Gasteiger partial charge in [0.2, 0.25) is 11.8 Å². The summed E-state index contributed by atoms with van der Waals surface area (Å²) in [4.78, 5) is 50.3. The zero-order chi connectivity index (χ0) is 23.6. The molecular formula is C23H24N4O6. The lowest BCUT2D eigenvalue weighted by Crippen LogP contribution is -2.47. The van der Waals surface area contributed by atoms with Crippen molar-refractivity contribution in [2.24, 2.45) is 0 Å². The molecule has 1 atom stereocenters. The topological polar surface area (TPSA) is 150 Å². The minimum Gasteiger partial charge on any atom is -0.480 e. The molecule has 33 heavy (non-hydrogen) atoms. The van der Waals surface area contributed by atoms with Crippen molar-refractivity contribution in [2.45, 2.75) is 19.1 Å². The summed E-state index contributed by atoms with van der Waals surface area (Å²) in [5, 5.41) is 17.3. The minimum absolute atomic E-state index is 0.0592. The van der Waals surface area contributed by atoms with Gasteiger partial charge in [0.15, 0.2) is 0 Å². The zero-order valence-electron chi connectivity index (χ0n) is 17.7. The average molecular weight is 452 g/mol. The van der Waals surface area contributed by atoms with Gasteiger partial charge in [-0.05, 0) is 17.2 Å². The smallest absolute Gasteiger partial charge is 0.407 e. The molecule has 2 aromatic carbocycles. The van der Waals surface area contributed by atoms with Gasteiger partial charge < -0.3 is 30.8 Å². The van der Waals surface area contributed by atoms with Crippen LogP contribution in [0.15, 0.2) is 60.8 Å². The van der Waals surface area contributed by atoms with E-state index in [9.17, 15) is 24.3 Å². The maximum Gasteiger partial charge on any atom is 0.407 e. The summed E-state index contributed by atoms with van der Waals surface area (Å²) >= 11 is 0. The van der Waals surface area contributed by atoms with E-state index in [-0.39, 0.29) is 13.0 Å². The highest BCUT2D eigenvalue weighted by Crippen LogP contribution is 2.19. The molecule has 5 N–H and O–H groups in total. The Bertz CT molecular complexity index is 1130. The van der Waals surface area contributed by atoms with E-state index in [0.29, 0.717) is 0 Å². The van der Waals surface area contributed by atoms with E-state index in [4.69, 9.17) is 4.74 Å². The standard InChI is InChI=1S/C23H24N4O6/c28-20(12-26-23(32)33-14-15-6-2-1-3-7-15)25-13-21(29)27-19(22(30)31)10-16-11-24-18-9-5-4-8-17(16)18/h1-9,11,19,24H,10,12-14H2,(H,25,28)(H,26,32)(H,27,29)(H,30,31)/t19-/m0/s1. The van der Waals surface area contributed by atoms with Crippen LogP contribution in [0.25, 0.3) is 10.9 Å². The van der Waals surface area contributed by atoms with Gasteiger partial charge in [-0.3, -0.25) is 9.59 Å². The van der Waals surface area contributed by atoms with Crippen molar-refractivity contribution < 1.29 is 29.0 Å². The molecule has 3 amide bonds. The molecule has 1 heterocycles.